The fraction of sp³-hybridized carbons (Fsp3) is 0.571. The van der Waals surface area contributed by atoms with Crippen LogP contribution < -0.4 is 11.1 Å². The highest BCUT2D eigenvalue weighted by atomic mass is 16.1. The van der Waals surface area contributed by atoms with Gasteiger partial charge in [-0.05, 0) is 43.9 Å². The van der Waals surface area contributed by atoms with Gasteiger partial charge in [0.15, 0.2) is 0 Å². The number of nitrogens with two attached hydrogens (primary N) is 1. The number of amides is 1. The summed E-state index contributed by atoms with van der Waals surface area (Å²) in [6, 6.07) is 5.44. The minimum Gasteiger partial charge on any atom is -0.350 e. The van der Waals surface area contributed by atoms with E-state index in [-0.39, 0.29) is 11.3 Å². The first-order chi connectivity index (χ1) is 8.56. The third-order valence-electron chi connectivity index (χ3n) is 3.68. The predicted octanol–water partition coefficient (Wildman–Crippen LogP) is 1.88. The van der Waals surface area contributed by atoms with Gasteiger partial charge in [0.1, 0.15) is 5.69 Å². The Morgan fingerprint density at radius 3 is 2.56 bits per heavy atom. The zero-order valence-corrected chi connectivity index (χ0v) is 11.5. The molecule has 0 spiro atoms. The molecule has 0 saturated carbocycles. The Bertz CT molecular complexity index is 392. The molecule has 1 amide bonds. The number of hydrogen-bond acceptors (Lipinski definition) is 3. The number of nitrogens with one attached hydrogen (secondary N) is 1. The van der Waals surface area contributed by atoms with E-state index in [9.17, 15) is 4.79 Å². The molecule has 1 heterocycles. The van der Waals surface area contributed by atoms with Crippen LogP contribution in [0.3, 0.4) is 0 Å². The summed E-state index contributed by atoms with van der Waals surface area (Å²) in [6.07, 6.45) is 1.92. The van der Waals surface area contributed by atoms with Crippen molar-refractivity contribution in [3.8, 4) is 0 Å². The molecule has 3 N–H and O–H groups in total. The molecule has 18 heavy (non-hydrogen) atoms. The number of carbonyl (C=O) groups is 1. The second kappa shape index (κ2) is 6.50. The van der Waals surface area contributed by atoms with E-state index in [0.29, 0.717) is 18.8 Å². The molecule has 1 aromatic heterocycles. The van der Waals surface area contributed by atoms with Gasteiger partial charge in [-0.25, -0.2) is 4.98 Å². The van der Waals surface area contributed by atoms with Crippen LogP contribution in [0, 0.1) is 12.3 Å². The number of nitrogens with zero attached hydrogens (tertiary/aromatic N) is 1. The lowest BCUT2D eigenvalue weighted by molar-refractivity contribution is 0.0923. The summed E-state index contributed by atoms with van der Waals surface area (Å²) in [4.78, 5) is 16.2. The van der Waals surface area contributed by atoms with E-state index in [4.69, 9.17) is 5.73 Å². The van der Waals surface area contributed by atoms with Gasteiger partial charge in [-0.2, -0.15) is 0 Å². The number of aromatic nitrogens is 1. The van der Waals surface area contributed by atoms with E-state index >= 15 is 0 Å². The first-order valence-corrected chi connectivity index (χ1v) is 6.49. The van der Waals surface area contributed by atoms with E-state index in [1.54, 1.807) is 6.07 Å². The molecular formula is C14H23N3O. The van der Waals surface area contributed by atoms with Crippen LogP contribution in [-0.2, 0) is 0 Å². The topological polar surface area (TPSA) is 68.0 Å². The van der Waals surface area contributed by atoms with E-state index in [1.165, 1.54) is 0 Å². The van der Waals surface area contributed by atoms with Gasteiger partial charge in [0.05, 0.1) is 0 Å². The smallest absolute Gasteiger partial charge is 0.269 e. The lowest BCUT2D eigenvalue weighted by Gasteiger charge is -2.30. The maximum Gasteiger partial charge on any atom is 0.269 e. The highest BCUT2D eigenvalue weighted by Crippen LogP contribution is 2.23. The molecule has 4 heteroatoms. The molecule has 0 atom stereocenters. The molecule has 0 aliphatic carbocycles. The van der Waals surface area contributed by atoms with Crippen molar-refractivity contribution in [2.75, 3.05) is 13.1 Å². The summed E-state index contributed by atoms with van der Waals surface area (Å²) in [5, 5.41) is 2.94. The van der Waals surface area contributed by atoms with Crippen molar-refractivity contribution < 1.29 is 4.79 Å². The summed E-state index contributed by atoms with van der Waals surface area (Å²) < 4.78 is 0. The molecule has 0 bridgehead atoms. The average molecular weight is 249 g/mol. The third kappa shape index (κ3) is 3.53. The molecule has 0 radical (unpaired) electrons. The van der Waals surface area contributed by atoms with Crippen molar-refractivity contribution in [3.05, 3.63) is 29.6 Å². The van der Waals surface area contributed by atoms with Gasteiger partial charge in [0.2, 0.25) is 0 Å². The molecule has 0 aliphatic rings. The van der Waals surface area contributed by atoms with Crippen molar-refractivity contribution in [2.24, 2.45) is 11.1 Å². The zero-order valence-electron chi connectivity index (χ0n) is 11.5. The Labute approximate surface area is 109 Å². The highest BCUT2D eigenvalue weighted by molar-refractivity contribution is 5.92. The molecule has 0 aromatic carbocycles. The van der Waals surface area contributed by atoms with Gasteiger partial charge in [-0.3, -0.25) is 4.79 Å². The summed E-state index contributed by atoms with van der Waals surface area (Å²) in [5.74, 6) is -0.126. The number of pyridine rings is 1. The number of carbonyl (C=O) groups excluding carboxylic acids is 1. The normalized spacial score (nSPS) is 11.3. The molecule has 0 saturated heterocycles. The lowest BCUT2D eigenvalue weighted by atomic mass is 9.82. The molecule has 100 valence electrons. The van der Waals surface area contributed by atoms with Gasteiger partial charge in [0.25, 0.3) is 5.91 Å². The standard InChI is InChI=1S/C14H23N3O/c1-4-14(5-2,9-15)10-16-13(18)12-8-6-7-11(3)17-12/h6-8H,4-5,9-10,15H2,1-3H3,(H,16,18). The molecule has 0 aliphatic heterocycles. The predicted molar refractivity (Wildman–Crippen MR) is 73.4 cm³/mol. The molecule has 1 aromatic rings. The maximum absolute atomic E-state index is 12.0. The monoisotopic (exact) mass is 249 g/mol. The van der Waals surface area contributed by atoms with Crippen molar-refractivity contribution in [3.63, 3.8) is 0 Å². The van der Waals surface area contributed by atoms with Gasteiger partial charge in [-0.15, -0.1) is 0 Å². The fourth-order valence-corrected chi connectivity index (χ4v) is 1.89. The van der Waals surface area contributed by atoms with Crippen molar-refractivity contribution >= 4 is 5.91 Å². The van der Waals surface area contributed by atoms with Gasteiger partial charge in [0, 0.05) is 12.2 Å². The molecule has 1 rings (SSSR count). The number of rotatable bonds is 6. The summed E-state index contributed by atoms with van der Waals surface area (Å²) in [5.41, 5.74) is 7.12. The van der Waals surface area contributed by atoms with Crippen molar-refractivity contribution in [1.29, 1.82) is 0 Å². The molecular weight excluding hydrogens is 226 g/mol. The largest absolute Gasteiger partial charge is 0.350 e. The molecule has 4 nitrogen and oxygen atoms in total. The van der Waals surface area contributed by atoms with Crippen LogP contribution in [0.1, 0.15) is 42.9 Å². The fourth-order valence-electron chi connectivity index (χ4n) is 1.89. The van der Waals surface area contributed by atoms with Crippen LogP contribution in [0.4, 0.5) is 0 Å². The van der Waals surface area contributed by atoms with E-state index in [2.05, 4.69) is 24.1 Å². The lowest BCUT2D eigenvalue weighted by Crippen LogP contribution is -2.42. The Morgan fingerprint density at radius 2 is 2.06 bits per heavy atom. The van der Waals surface area contributed by atoms with Crippen LogP contribution in [0.15, 0.2) is 18.2 Å². The van der Waals surface area contributed by atoms with Gasteiger partial charge in [-0.1, -0.05) is 19.9 Å². The highest BCUT2D eigenvalue weighted by Gasteiger charge is 2.25. The Kier molecular flexibility index (Phi) is 5.28. The van der Waals surface area contributed by atoms with Crippen LogP contribution in [-0.4, -0.2) is 24.0 Å². The second-order valence-electron chi connectivity index (χ2n) is 4.76. The van der Waals surface area contributed by atoms with Crippen LogP contribution in [0.2, 0.25) is 0 Å². The van der Waals surface area contributed by atoms with Crippen molar-refractivity contribution in [1.82, 2.24) is 10.3 Å². The summed E-state index contributed by atoms with van der Waals surface area (Å²) in [7, 11) is 0. The van der Waals surface area contributed by atoms with Crippen LogP contribution >= 0.6 is 0 Å². The van der Waals surface area contributed by atoms with Crippen LogP contribution in [0.5, 0.6) is 0 Å². The Balaban J connectivity index is 2.66. The zero-order chi connectivity index (χ0) is 13.6. The quantitative estimate of drug-likeness (QED) is 0.809. The van der Waals surface area contributed by atoms with E-state index < -0.39 is 0 Å². The van der Waals surface area contributed by atoms with Crippen molar-refractivity contribution in [2.45, 2.75) is 33.6 Å². The number of aryl methyl sites for hydroxylation is 1. The first-order valence-electron chi connectivity index (χ1n) is 6.49. The third-order valence-corrected chi connectivity index (χ3v) is 3.68. The van der Waals surface area contributed by atoms with Gasteiger partial charge >= 0.3 is 0 Å². The summed E-state index contributed by atoms with van der Waals surface area (Å²) >= 11 is 0. The summed E-state index contributed by atoms with van der Waals surface area (Å²) in [6.45, 7) is 7.27. The SMILES string of the molecule is CCC(CC)(CN)CNC(=O)c1cccc(C)n1. The van der Waals surface area contributed by atoms with Crippen LogP contribution in [0.25, 0.3) is 0 Å². The second-order valence-corrected chi connectivity index (χ2v) is 4.76. The molecule has 0 fully saturated rings. The van der Waals surface area contributed by atoms with E-state index in [1.807, 2.05) is 19.1 Å². The minimum atomic E-state index is -0.126. The molecule has 0 unspecified atom stereocenters. The minimum absolute atomic E-state index is 0.000511. The van der Waals surface area contributed by atoms with E-state index in [0.717, 1.165) is 18.5 Å². The Hall–Kier alpha value is -1.42. The average Bonchev–Trinajstić information content (AvgIpc) is 2.40. The maximum atomic E-state index is 12.0. The first kappa shape index (κ1) is 14.6. The van der Waals surface area contributed by atoms with Gasteiger partial charge < -0.3 is 11.1 Å². The Morgan fingerprint density at radius 1 is 1.39 bits per heavy atom. The number of hydrogen-bond donors (Lipinski definition) is 2.